The minimum atomic E-state index is 0.113. The van der Waals surface area contributed by atoms with Gasteiger partial charge in [0.1, 0.15) is 11.3 Å². The van der Waals surface area contributed by atoms with E-state index in [1.165, 1.54) is 11.3 Å². The van der Waals surface area contributed by atoms with Gasteiger partial charge in [0.15, 0.2) is 0 Å². The number of amides is 2. The van der Waals surface area contributed by atoms with E-state index < -0.39 is 0 Å². The molecule has 0 unspecified atom stereocenters. The topological polar surface area (TPSA) is 83.7 Å². The molecule has 3 rings (SSSR count). The van der Waals surface area contributed by atoms with Crippen LogP contribution in [0.1, 0.15) is 11.4 Å². The zero-order valence-electron chi connectivity index (χ0n) is 10.8. The molecule has 9 heteroatoms. The third kappa shape index (κ3) is 2.62. The first kappa shape index (κ1) is 13.0. The van der Waals surface area contributed by atoms with Crippen LogP contribution in [0.4, 0.5) is 0 Å². The van der Waals surface area contributed by atoms with Crippen LogP contribution in [0.5, 0.6) is 0 Å². The van der Waals surface area contributed by atoms with Gasteiger partial charge in [-0.2, -0.15) is 9.61 Å². The fourth-order valence-electron chi connectivity index (χ4n) is 2.15. The minimum absolute atomic E-state index is 0.113. The summed E-state index contributed by atoms with van der Waals surface area (Å²) in [5.74, 6) is 0.113. The Bertz CT molecular complexity index is 587. The van der Waals surface area contributed by atoms with Gasteiger partial charge >= 0.3 is 0 Å². The Morgan fingerprint density at radius 2 is 2.15 bits per heavy atom. The van der Waals surface area contributed by atoms with Crippen LogP contribution in [-0.4, -0.2) is 68.1 Å². The predicted octanol–water partition coefficient (Wildman–Crippen LogP) is -0.581. The molecule has 1 fully saturated rings. The maximum atomic E-state index is 12.1. The summed E-state index contributed by atoms with van der Waals surface area (Å²) in [4.78, 5) is 26.9. The zero-order valence-corrected chi connectivity index (χ0v) is 11.6. The normalized spacial score (nSPS) is 15.8. The number of hydrogen-bond acceptors (Lipinski definition) is 6. The molecule has 0 saturated carbocycles. The summed E-state index contributed by atoms with van der Waals surface area (Å²) < 4.78 is 1.62. The second-order valence-corrected chi connectivity index (χ2v) is 5.62. The monoisotopic (exact) mass is 294 g/mol. The van der Waals surface area contributed by atoms with Gasteiger partial charge in [0.05, 0.1) is 0 Å². The molecule has 0 bridgehead atoms. The van der Waals surface area contributed by atoms with Crippen LogP contribution in [0.3, 0.4) is 0 Å². The highest BCUT2D eigenvalue weighted by Crippen LogP contribution is 2.14. The van der Waals surface area contributed by atoms with Crippen LogP contribution >= 0.6 is 11.3 Å². The quantitative estimate of drug-likeness (QED) is 0.704. The van der Waals surface area contributed by atoms with E-state index in [4.69, 9.17) is 0 Å². The Balaban J connectivity index is 1.52. The van der Waals surface area contributed by atoms with Crippen LogP contribution in [-0.2, 0) is 16.0 Å². The van der Waals surface area contributed by atoms with Crippen molar-refractivity contribution in [2.45, 2.75) is 12.8 Å². The molecule has 1 aliphatic heterocycles. The lowest BCUT2D eigenvalue weighted by molar-refractivity contribution is -0.135. The van der Waals surface area contributed by atoms with Crippen LogP contribution in [0.15, 0.2) is 6.33 Å². The highest BCUT2D eigenvalue weighted by Gasteiger charge is 2.20. The highest BCUT2D eigenvalue weighted by atomic mass is 32.1. The third-order valence-corrected chi connectivity index (χ3v) is 4.27. The first-order valence-electron chi connectivity index (χ1n) is 6.39. The van der Waals surface area contributed by atoms with Crippen molar-refractivity contribution in [1.29, 1.82) is 0 Å². The number of aromatic nitrogens is 4. The van der Waals surface area contributed by atoms with Crippen molar-refractivity contribution in [3.05, 3.63) is 11.3 Å². The molecule has 1 saturated heterocycles. The van der Waals surface area contributed by atoms with Crippen LogP contribution < -0.4 is 0 Å². The van der Waals surface area contributed by atoms with Crippen molar-refractivity contribution in [2.75, 3.05) is 26.2 Å². The molecule has 0 atom stereocenters. The van der Waals surface area contributed by atoms with Crippen molar-refractivity contribution >= 4 is 28.6 Å². The van der Waals surface area contributed by atoms with E-state index in [0.29, 0.717) is 39.0 Å². The number of carbonyl (C=O) groups excluding carboxylic acids is 2. The molecule has 2 amide bonds. The summed E-state index contributed by atoms with van der Waals surface area (Å²) in [5.41, 5.74) is 0. The van der Waals surface area contributed by atoms with Crippen molar-refractivity contribution in [1.82, 2.24) is 29.6 Å². The first-order valence-corrected chi connectivity index (χ1v) is 7.21. The third-order valence-electron chi connectivity index (χ3n) is 3.30. The summed E-state index contributed by atoms with van der Waals surface area (Å²) in [6.07, 6.45) is 3.43. The van der Waals surface area contributed by atoms with Gasteiger partial charge in [-0.15, -0.1) is 10.2 Å². The number of carbonyl (C=O) groups is 2. The molecule has 3 heterocycles. The number of rotatable bonds is 4. The molecule has 0 radical (unpaired) electrons. The summed E-state index contributed by atoms with van der Waals surface area (Å²) in [6.45, 7) is 2.46. The molecule has 2 aromatic heterocycles. The number of piperazine rings is 1. The fourth-order valence-corrected chi connectivity index (χ4v) is 2.96. The van der Waals surface area contributed by atoms with E-state index in [-0.39, 0.29) is 5.91 Å². The van der Waals surface area contributed by atoms with Gasteiger partial charge in [0.2, 0.25) is 17.3 Å². The Hall–Kier alpha value is -2.03. The van der Waals surface area contributed by atoms with Gasteiger partial charge in [-0.25, -0.2) is 0 Å². The minimum Gasteiger partial charge on any atom is -0.342 e. The lowest BCUT2D eigenvalue weighted by Crippen LogP contribution is -2.48. The number of hydrogen-bond donors (Lipinski definition) is 0. The van der Waals surface area contributed by atoms with E-state index in [1.54, 1.807) is 20.6 Å². The maximum absolute atomic E-state index is 12.1. The molecule has 0 aromatic carbocycles. The molecule has 20 heavy (non-hydrogen) atoms. The summed E-state index contributed by atoms with van der Waals surface area (Å²) in [5, 5.41) is 12.8. The van der Waals surface area contributed by atoms with E-state index in [9.17, 15) is 9.59 Å². The van der Waals surface area contributed by atoms with Gasteiger partial charge < -0.3 is 9.80 Å². The molecule has 0 N–H and O–H groups in total. The smallest absolute Gasteiger partial charge is 0.234 e. The number of fused-ring (bicyclic) bond motifs is 1. The Morgan fingerprint density at radius 3 is 2.85 bits per heavy atom. The van der Waals surface area contributed by atoms with Crippen molar-refractivity contribution < 1.29 is 9.59 Å². The average Bonchev–Trinajstić information content (AvgIpc) is 3.06. The fraction of sp³-hybridized carbons (Fsp3) is 0.545. The van der Waals surface area contributed by atoms with Gasteiger partial charge in [0.25, 0.3) is 0 Å². The van der Waals surface area contributed by atoms with Gasteiger partial charge in [-0.1, -0.05) is 11.3 Å². The Labute approximate surface area is 119 Å². The van der Waals surface area contributed by atoms with Crippen molar-refractivity contribution in [3.8, 4) is 0 Å². The van der Waals surface area contributed by atoms with Crippen molar-refractivity contribution in [2.24, 2.45) is 0 Å². The van der Waals surface area contributed by atoms with Gasteiger partial charge in [-0.3, -0.25) is 9.59 Å². The molecule has 106 valence electrons. The first-order chi connectivity index (χ1) is 9.76. The zero-order chi connectivity index (χ0) is 13.9. The van der Waals surface area contributed by atoms with E-state index >= 15 is 0 Å². The predicted molar refractivity (Wildman–Crippen MR) is 71.2 cm³/mol. The van der Waals surface area contributed by atoms with Gasteiger partial charge in [0, 0.05) is 39.0 Å². The Kier molecular flexibility index (Phi) is 3.59. The lowest BCUT2D eigenvalue weighted by Gasteiger charge is -2.32. The second-order valence-electron chi connectivity index (χ2n) is 4.58. The van der Waals surface area contributed by atoms with E-state index in [2.05, 4.69) is 15.3 Å². The van der Waals surface area contributed by atoms with E-state index in [0.717, 1.165) is 16.4 Å². The molecule has 2 aromatic rings. The van der Waals surface area contributed by atoms with Gasteiger partial charge in [-0.05, 0) is 0 Å². The summed E-state index contributed by atoms with van der Waals surface area (Å²) in [6, 6.07) is 0. The second kappa shape index (κ2) is 5.53. The lowest BCUT2D eigenvalue weighted by atomic mass is 10.2. The molecular formula is C11H14N6O2S. The SMILES string of the molecule is O=CN1CCN(C(=O)CCc2nn3cnnc3s2)CC1. The van der Waals surface area contributed by atoms with Crippen LogP contribution in [0.2, 0.25) is 0 Å². The largest absolute Gasteiger partial charge is 0.342 e. The summed E-state index contributed by atoms with van der Waals surface area (Å²) >= 11 is 1.45. The van der Waals surface area contributed by atoms with Crippen molar-refractivity contribution in [3.63, 3.8) is 0 Å². The molecule has 0 aliphatic carbocycles. The standard InChI is InChI=1S/C11H14N6O2S/c18-8-15-3-5-16(6-4-15)10(19)2-1-9-14-17-7-12-13-11(17)20-9/h7-8H,1-6H2. The maximum Gasteiger partial charge on any atom is 0.234 e. The van der Waals surface area contributed by atoms with Crippen LogP contribution in [0.25, 0.3) is 4.96 Å². The van der Waals surface area contributed by atoms with Crippen LogP contribution in [0, 0.1) is 0 Å². The molecule has 0 spiro atoms. The average molecular weight is 294 g/mol. The number of nitrogens with zero attached hydrogens (tertiary/aromatic N) is 6. The molecule has 8 nitrogen and oxygen atoms in total. The highest BCUT2D eigenvalue weighted by molar-refractivity contribution is 7.16. The van der Waals surface area contributed by atoms with E-state index in [1.807, 2.05) is 0 Å². The molecule has 1 aliphatic rings. The summed E-state index contributed by atoms with van der Waals surface area (Å²) in [7, 11) is 0. The Morgan fingerprint density at radius 1 is 1.35 bits per heavy atom. The molecular weight excluding hydrogens is 280 g/mol. The number of aryl methyl sites for hydroxylation is 1.